The van der Waals surface area contributed by atoms with E-state index in [2.05, 4.69) is 10.1 Å². The lowest BCUT2D eigenvalue weighted by Gasteiger charge is -2.15. The molecule has 0 N–H and O–H groups in total. The van der Waals surface area contributed by atoms with Gasteiger partial charge in [-0.2, -0.15) is 4.98 Å². The zero-order chi connectivity index (χ0) is 15.8. The molecule has 1 aliphatic carbocycles. The molecule has 118 valence electrons. The lowest BCUT2D eigenvalue weighted by Crippen LogP contribution is -2.27. The van der Waals surface area contributed by atoms with Crippen LogP contribution in [0.5, 0.6) is 0 Å². The van der Waals surface area contributed by atoms with Crippen LogP contribution in [0, 0.1) is 11.7 Å². The highest BCUT2D eigenvalue weighted by Crippen LogP contribution is 2.37. The number of nitrogens with zero attached hydrogens (tertiary/aromatic N) is 3. The van der Waals surface area contributed by atoms with E-state index in [-0.39, 0.29) is 23.5 Å². The highest BCUT2D eigenvalue weighted by atomic mass is 32.2. The summed E-state index contributed by atoms with van der Waals surface area (Å²) in [6.07, 6.45) is 3.66. The number of rotatable bonds is 3. The number of thioether (sulfide) groups is 1. The second kappa shape index (κ2) is 5.81. The van der Waals surface area contributed by atoms with Crippen LogP contribution in [-0.4, -0.2) is 33.2 Å². The summed E-state index contributed by atoms with van der Waals surface area (Å²) in [6, 6.07) is 6.28. The zero-order valence-electron chi connectivity index (χ0n) is 12.2. The number of hydrogen-bond acceptors (Lipinski definition) is 5. The van der Waals surface area contributed by atoms with Gasteiger partial charge in [-0.3, -0.25) is 4.79 Å². The molecule has 0 spiro atoms. The second-order valence-corrected chi connectivity index (χ2v) is 6.65. The molecule has 5 nitrogen and oxygen atoms in total. The van der Waals surface area contributed by atoms with Gasteiger partial charge in [0.1, 0.15) is 5.82 Å². The first kappa shape index (κ1) is 14.4. The highest BCUT2D eigenvalue weighted by molar-refractivity contribution is 8.03. The first-order chi connectivity index (χ1) is 11.2. The molecule has 1 saturated carbocycles. The van der Waals surface area contributed by atoms with E-state index in [1.165, 1.54) is 6.07 Å². The van der Waals surface area contributed by atoms with Crippen LogP contribution in [0.4, 0.5) is 4.39 Å². The van der Waals surface area contributed by atoms with Crippen molar-refractivity contribution in [1.82, 2.24) is 15.0 Å². The van der Waals surface area contributed by atoms with Crippen molar-refractivity contribution in [3.8, 4) is 11.4 Å². The smallest absolute Gasteiger partial charge is 0.253 e. The Balaban J connectivity index is 1.59. The fourth-order valence-electron chi connectivity index (χ4n) is 2.47. The van der Waals surface area contributed by atoms with E-state index in [4.69, 9.17) is 4.52 Å². The molecule has 4 rings (SSSR count). The number of hydrogen-bond donors (Lipinski definition) is 0. The van der Waals surface area contributed by atoms with Crippen molar-refractivity contribution in [2.24, 2.45) is 5.92 Å². The molecule has 1 amide bonds. The maximum absolute atomic E-state index is 13.8. The van der Waals surface area contributed by atoms with E-state index in [1.807, 2.05) is 0 Å². The summed E-state index contributed by atoms with van der Waals surface area (Å²) in [4.78, 5) is 18.2. The van der Waals surface area contributed by atoms with Crippen molar-refractivity contribution in [1.29, 1.82) is 0 Å². The van der Waals surface area contributed by atoms with Crippen molar-refractivity contribution in [3.63, 3.8) is 0 Å². The molecule has 0 bridgehead atoms. The summed E-state index contributed by atoms with van der Waals surface area (Å²) in [6.45, 7) is 0.708. The molecule has 0 atom stereocenters. The molecule has 1 aromatic heterocycles. The molecule has 7 heteroatoms. The molecule has 0 unspecified atom stereocenters. The lowest BCUT2D eigenvalue weighted by atomic mass is 10.2. The van der Waals surface area contributed by atoms with E-state index < -0.39 is 5.82 Å². The first-order valence-electron chi connectivity index (χ1n) is 7.47. The largest absolute Gasteiger partial charge is 0.334 e. The predicted octanol–water partition coefficient (Wildman–Crippen LogP) is 3.16. The maximum Gasteiger partial charge on any atom is 0.253 e. The third-order valence-corrected chi connectivity index (χ3v) is 4.85. The van der Waals surface area contributed by atoms with Crippen LogP contribution in [0.15, 0.2) is 33.8 Å². The van der Waals surface area contributed by atoms with Gasteiger partial charge < -0.3 is 9.42 Å². The number of amides is 1. The molecule has 2 aliphatic rings. The van der Waals surface area contributed by atoms with Gasteiger partial charge in [0.2, 0.25) is 11.7 Å². The van der Waals surface area contributed by atoms with Crippen LogP contribution in [0.25, 0.3) is 17.5 Å². The predicted molar refractivity (Wildman–Crippen MR) is 84.6 cm³/mol. The molecule has 23 heavy (non-hydrogen) atoms. The third kappa shape index (κ3) is 2.88. The standard InChI is InChI=1S/C16H14FN3O2S/c17-12-4-2-1-3-11(12)15-18-13(22-19-15)9-14-20(7-8-23-14)16(21)10-5-6-10/h1-4,9-10H,5-8H2/b14-9+. The summed E-state index contributed by atoms with van der Waals surface area (Å²) >= 11 is 1.59. The van der Waals surface area contributed by atoms with E-state index in [1.54, 1.807) is 40.9 Å². The van der Waals surface area contributed by atoms with Gasteiger partial charge in [0, 0.05) is 24.3 Å². The third-order valence-electron chi connectivity index (χ3n) is 3.83. The Hall–Kier alpha value is -2.15. The van der Waals surface area contributed by atoms with Crippen LogP contribution in [0.2, 0.25) is 0 Å². The summed E-state index contributed by atoms with van der Waals surface area (Å²) in [5, 5.41) is 4.65. The van der Waals surface area contributed by atoms with Gasteiger partial charge in [0.05, 0.1) is 10.6 Å². The Bertz CT molecular complexity index is 785. The van der Waals surface area contributed by atoms with Gasteiger partial charge in [-0.15, -0.1) is 11.8 Å². The summed E-state index contributed by atoms with van der Waals surface area (Å²) in [7, 11) is 0. The Morgan fingerprint density at radius 2 is 2.22 bits per heavy atom. The van der Waals surface area contributed by atoms with Crippen molar-refractivity contribution in [2.75, 3.05) is 12.3 Å². The lowest BCUT2D eigenvalue weighted by molar-refractivity contribution is -0.129. The van der Waals surface area contributed by atoms with E-state index in [9.17, 15) is 9.18 Å². The summed E-state index contributed by atoms with van der Waals surface area (Å²) in [5.74, 6) is 1.30. The molecule has 2 heterocycles. The molecular weight excluding hydrogens is 317 g/mol. The topological polar surface area (TPSA) is 59.2 Å². The molecular formula is C16H14FN3O2S. The van der Waals surface area contributed by atoms with Crippen LogP contribution >= 0.6 is 11.8 Å². The van der Waals surface area contributed by atoms with E-state index in [0.29, 0.717) is 12.1 Å². The first-order valence-corrected chi connectivity index (χ1v) is 8.45. The van der Waals surface area contributed by atoms with E-state index in [0.717, 1.165) is 23.6 Å². The van der Waals surface area contributed by atoms with Gasteiger partial charge in [-0.1, -0.05) is 17.3 Å². The molecule has 2 fully saturated rings. The number of aromatic nitrogens is 2. The SMILES string of the molecule is O=C(C1CC1)N1CCS/C1=C/c1nc(-c2ccccc2F)no1. The Labute approximate surface area is 136 Å². The van der Waals surface area contributed by atoms with Gasteiger partial charge in [0.15, 0.2) is 0 Å². The van der Waals surface area contributed by atoms with Crippen molar-refractivity contribution in [3.05, 3.63) is 41.0 Å². The van der Waals surface area contributed by atoms with Crippen LogP contribution in [0.1, 0.15) is 18.7 Å². The van der Waals surface area contributed by atoms with Gasteiger partial charge in [-0.25, -0.2) is 4.39 Å². The number of carbonyl (C=O) groups excluding carboxylic acids is 1. The Morgan fingerprint density at radius 3 is 3.00 bits per heavy atom. The normalized spacial score (nSPS) is 19.5. The van der Waals surface area contributed by atoms with Gasteiger partial charge in [0.25, 0.3) is 5.89 Å². The van der Waals surface area contributed by atoms with Crippen molar-refractivity contribution >= 4 is 23.7 Å². The average Bonchev–Trinajstić information content (AvgIpc) is 3.14. The van der Waals surface area contributed by atoms with Crippen LogP contribution in [-0.2, 0) is 4.79 Å². The maximum atomic E-state index is 13.8. The fourth-order valence-corrected chi connectivity index (χ4v) is 3.47. The highest BCUT2D eigenvalue weighted by Gasteiger charge is 2.36. The summed E-state index contributed by atoms with van der Waals surface area (Å²) in [5.41, 5.74) is 0.297. The van der Waals surface area contributed by atoms with Gasteiger partial charge >= 0.3 is 0 Å². The molecule has 2 aromatic rings. The molecule has 1 aliphatic heterocycles. The number of halogens is 1. The van der Waals surface area contributed by atoms with E-state index >= 15 is 0 Å². The minimum absolute atomic E-state index is 0.175. The molecule has 0 radical (unpaired) electrons. The quantitative estimate of drug-likeness (QED) is 0.864. The Morgan fingerprint density at radius 1 is 1.39 bits per heavy atom. The fraction of sp³-hybridized carbons (Fsp3) is 0.312. The van der Waals surface area contributed by atoms with Crippen molar-refractivity contribution < 1.29 is 13.7 Å². The zero-order valence-corrected chi connectivity index (χ0v) is 13.1. The van der Waals surface area contributed by atoms with Crippen LogP contribution < -0.4 is 0 Å². The average molecular weight is 331 g/mol. The monoisotopic (exact) mass is 331 g/mol. The van der Waals surface area contributed by atoms with Gasteiger partial charge in [-0.05, 0) is 25.0 Å². The molecule has 1 aromatic carbocycles. The number of carbonyl (C=O) groups is 1. The Kier molecular flexibility index (Phi) is 3.65. The summed E-state index contributed by atoms with van der Waals surface area (Å²) < 4.78 is 18.9. The minimum Gasteiger partial charge on any atom is -0.334 e. The molecule has 1 saturated heterocycles. The van der Waals surface area contributed by atoms with Crippen LogP contribution in [0.3, 0.4) is 0 Å². The minimum atomic E-state index is -0.395. The van der Waals surface area contributed by atoms with Crippen molar-refractivity contribution in [2.45, 2.75) is 12.8 Å². The number of benzene rings is 1. The second-order valence-electron chi connectivity index (χ2n) is 5.53.